The molecule has 0 saturated carbocycles. The summed E-state index contributed by atoms with van der Waals surface area (Å²) in [5.41, 5.74) is 7.06. The van der Waals surface area contributed by atoms with Gasteiger partial charge in [0.15, 0.2) is 5.84 Å². The molecule has 0 saturated heterocycles. The standard InChI is InChI=1S/C13H13ClN4/c1-3-16-13-10(11(14)15)17-12(18(13)2)9-7-5-4-6-8-9/h3-8H,1,15H2,2H3/b11-10+,16-13+. The quantitative estimate of drug-likeness (QED) is 0.830. The van der Waals surface area contributed by atoms with Gasteiger partial charge in [0.1, 0.15) is 16.7 Å². The maximum Gasteiger partial charge on any atom is 0.163 e. The maximum atomic E-state index is 5.84. The Hall–Kier alpha value is -2.07. The first kappa shape index (κ1) is 12.4. The average molecular weight is 261 g/mol. The van der Waals surface area contributed by atoms with Crippen molar-refractivity contribution in [1.29, 1.82) is 0 Å². The largest absolute Gasteiger partial charge is 0.388 e. The van der Waals surface area contributed by atoms with Crippen LogP contribution in [0, 0.1) is 0 Å². The van der Waals surface area contributed by atoms with Crippen molar-refractivity contribution in [3.8, 4) is 0 Å². The van der Waals surface area contributed by atoms with E-state index in [2.05, 4.69) is 16.6 Å². The van der Waals surface area contributed by atoms with Gasteiger partial charge in [0.2, 0.25) is 0 Å². The lowest BCUT2D eigenvalue weighted by molar-refractivity contribution is 0.774. The first-order valence-corrected chi connectivity index (χ1v) is 5.75. The number of hydrogen-bond acceptors (Lipinski definition) is 3. The van der Waals surface area contributed by atoms with E-state index < -0.39 is 0 Å². The highest BCUT2D eigenvalue weighted by Crippen LogP contribution is 2.22. The number of benzene rings is 1. The second-order valence-electron chi connectivity index (χ2n) is 3.69. The highest BCUT2D eigenvalue weighted by molar-refractivity contribution is 6.33. The summed E-state index contributed by atoms with van der Waals surface area (Å²) in [4.78, 5) is 10.4. The predicted molar refractivity (Wildman–Crippen MR) is 75.4 cm³/mol. The van der Waals surface area contributed by atoms with E-state index in [0.29, 0.717) is 11.5 Å². The molecule has 0 bridgehead atoms. The van der Waals surface area contributed by atoms with Gasteiger partial charge in [-0.05, 0) is 0 Å². The van der Waals surface area contributed by atoms with Crippen molar-refractivity contribution in [3.63, 3.8) is 0 Å². The van der Waals surface area contributed by atoms with Crippen LogP contribution in [0.5, 0.6) is 0 Å². The van der Waals surface area contributed by atoms with Crippen LogP contribution in [0.25, 0.3) is 0 Å². The molecule has 1 aliphatic heterocycles. The Morgan fingerprint density at radius 3 is 2.67 bits per heavy atom. The van der Waals surface area contributed by atoms with Gasteiger partial charge in [-0.1, -0.05) is 48.5 Å². The monoisotopic (exact) mass is 260 g/mol. The lowest BCUT2D eigenvalue weighted by Gasteiger charge is -2.14. The van der Waals surface area contributed by atoms with Crippen LogP contribution in [0.4, 0.5) is 0 Å². The third kappa shape index (κ3) is 2.15. The van der Waals surface area contributed by atoms with E-state index in [1.165, 1.54) is 6.20 Å². The second kappa shape index (κ2) is 5.06. The molecule has 4 nitrogen and oxygen atoms in total. The summed E-state index contributed by atoms with van der Waals surface area (Å²) in [6.45, 7) is 3.58. The third-order valence-electron chi connectivity index (χ3n) is 2.54. The van der Waals surface area contributed by atoms with E-state index >= 15 is 0 Å². The van der Waals surface area contributed by atoms with Crippen LogP contribution < -0.4 is 5.73 Å². The minimum Gasteiger partial charge on any atom is -0.388 e. The molecule has 2 N–H and O–H groups in total. The van der Waals surface area contributed by atoms with Gasteiger partial charge < -0.3 is 10.6 Å². The molecule has 0 aliphatic carbocycles. The molecule has 0 spiro atoms. The molecule has 2 rings (SSSR count). The maximum absolute atomic E-state index is 5.84. The van der Waals surface area contributed by atoms with E-state index in [1.54, 1.807) is 0 Å². The third-order valence-corrected chi connectivity index (χ3v) is 2.72. The van der Waals surface area contributed by atoms with Crippen molar-refractivity contribution < 1.29 is 0 Å². The fourth-order valence-electron chi connectivity index (χ4n) is 1.73. The summed E-state index contributed by atoms with van der Waals surface area (Å²) >= 11 is 5.84. The van der Waals surface area contributed by atoms with Crippen LogP contribution in [0.15, 0.2) is 63.9 Å². The molecule has 1 aliphatic rings. The first-order chi connectivity index (χ1) is 8.65. The van der Waals surface area contributed by atoms with Gasteiger partial charge >= 0.3 is 0 Å². The number of nitrogens with zero attached hydrogens (tertiary/aromatic N) is 3. The van der Waals surface area contributed by atoms with Crippen LogP contribution in [-0.4, -0.2) is 23.6 Å². The number of rotatable bonds is 2. The second-order valence-corrected chi connectivity index (χ2v) is 4.10. The zero-order valence-electron chi connectivity index (χ0n) is 9.97. The van der Waals surface area contributed by atoms with Crippen LogP contribution >= 0.6 is 11.6 Å². The number of halogens is 1. The van der Waals surface area contributed by atoms with Crippen LogP contribution in [-0.2, 0) is 0 Å². The average Bonchev–Trinajstić information content (AvgIpc) is 2.69. The summed E-state index contributed by atoms with van der Waals surface area (Å²) in [6, 6.07) is 9.77. The number of aliphatic imine (C=N–C) groups is 2. The topological polar surface area (TPSA) is 54.0 Å². The van der Waals surface area contributed by atoms with Gasteiger partial charge in [-0.15, -0.1) is 0 Å². The summed E-state index contributed by atoms with van der Waals surface area (Å²) in [5, 5.41) is 0.119. The molecular formula is C13H13ClN4. The van der Waals surface area contributed by atoms with E-state index in [4.69, 9.17) is 17.3 Å². The molecule has 92 valence electrons. The number of hydrogen-bond donors (Lipinski definition) is 1. The number of nitrogens with two attached hydrogens (primary N) is 1. The van der Waals surface area contributed by atoms with Crippen molar-refractivity contribution in [1.82, 2.24) is 4.90 Å². The molecule has 1 aromatic rings. The Labute approximate surface area is 111 Å². The van der Waals surface area contributed by atoms with Gasteiger partial charge in [-0.25, -0.2) is 9.98 Å². The van der Waals surface area contributed by atoms with Gasteiger partial charge in [0, 0.05) is 18.8 Å². The molecule has 0 amide bonds. The Morgan fingerprint density at radius 2 is 2.11 bits per heavy atom. The highest BCUT2D eigenvalue weighted by atomic mass is 35.5. The lowest BCUT2D eigenvalue weighted by Crippen LogP contribution is -2.28. The van der Waals surface area contributed by atoms with Crippen molar-refractivity contribution >= 4 is 23.3 Å². The molecule has 0 unspecified atom stereocenters. The van der Waals surface area contributed by atoms with E-state index in [1.807, 2.05) is 42.3 Å². The molecule has 0 radical (unpaired) electrons. The molecule has 0 aromatic heterocycles. The SMILES string of the molecule is C=C/N=C1\C(=C(/N)Cl)N=C(c2ccccc2)N1C. The molecule has 1 heterocycles. The van der Waals surface area contributed by atoms with Gasteiger partial charge in [-0.3, -0.25) is 0 Å². The molecule has 0 atom stereocenters. The summed E-state index contributed by atoms with van der Waals surface area (Å²) in [5.74, 6) is 1.35. The zero-order chi connectivity index (χ0) is 13.1. The minimum absolute atomic E-state index is 0.119. The van der Waals surface area contributed by atoms with Crippen LogP contribution in [0.3, 0.4) is 0 Å². The van der Waals surface area contributed by atoms with Crippen molar-refractivity contribution in [3.05, 3.63) is 59.5 Å². The Kier molecular flexibility index (Phi) is 3.48. The normalized spacial score (nSPS) is 20.0. The van der Waals surface area contributed by atoms with E-state index in [0.717, 1.165) is 11.4 Å². The predicted octanol–water partition coefficient (Wildman–Crippen LogP) is 2.29. The zero-order valence-corrected chi connectivity index (χ0v) is 10.7. The summed E-state index contributed by atoms with van der Waals surface area (Å²) < 4.78 is 0. The van der Waals surface area contributed by atoms with Gasteiger partial charge in [0.25, 0.3) is 0 Å². The lowest BCUT2D eigenvalue weighted by atomic mass is 10.2. The molecule has 1 aromatic carbocycles. The van der Waals surface area contributed by atoms with Crippen LogP contribution in [0.2, 0.25) is 0 Å². The number of amidine groups is 2. The Bertz CT molecular complexity index is 554. The van der Waals surface area contributed by atoms with Crippen molar-refractivity contribution in [2.75, 3.05) is 7.05 Å². The fraction of sp³-hybridized carbons (Fsp3) is 0.0769. The van der Waals surface area contributed by atoms with Crippen molar-refractivity contribution in [2.24, 2.45) is 15.7 Å². The molecule has 0 fully saturated rings. The van der Waals surface area contributed by atoms with Gasteiger partial charge in [0.05, 0.1) is 0 Å². The van der Waals surface area contributed by atoms with Gasteiger partial charge in [-0.2, -0.15) is 0 Å². The Balaban J connectivity index is 2.52. The van der Waals surface area contributed by atoms with Crippen molar-refractivity contribution in [2.45, 2.75) is 0 Å². The summed E-state index contributed by atoms with van der Waals surface area (Å²) in [7, 11) is 1.86. The van der Waals surface area contributed by atoms with E-state index in [9.17, 15) is 0 Å². The fourth-order valence-corrected chi connectivity index (χ4v) is 1.86. The molecular weight excluding hydrogens is 248 g/mol. The van der Waals surface area contributed by atoms with E-state index in [-0.39, 0.29) is 5.16 Å². The Morgan fingerprint density at radius 1 is 1.44 bits per heavy atom. The molecule has 5 heteroatoms. The molecule has 18 heavy (non-hydrogen) atoms. The highest BCUT2D eigenvalue weighted by Gasteiger charge is 2.27. The van der Waals surface area contributed by atoms with Crippen LogP contribution in [0.1, 0.15) is 5.56 Å². The summed E-state index contributed by atoms with van der Waals surface area (Å²) in [6.07, 6.45) is 1.44. The smallest absolute Gasteiger partial charge is 0.163 e. The number of likely N-dealkylation sites (N-methyl/N-ethyl adjacent to an activating group) is 1. The first-order valence-electron chi connectivity index (χ1n) is 5.37. The minimum atomic E-state index is 0.119.